The van der Waals surface area contributed by atoms with Gasteiger partial charge in [-0.25, -0.2) is 0 Å². The van der Waals surface area contributed by atoms with E-state index in [-0.39, 0.29) is 5.60 Å². The molecule has 0 spiro atoms. The van der Waals surface area contributed by atoms with Gasteiger partial charge in [0.2, 0.25) is 0 Å². The van der Waals surface area contributed by atoms with Gasteiger partial charge in [0, 0.05) is 17.5 Å². The third kappa shape index (κ3) is 4.83. The second kappa shape index (κ2) is 9.19. The Morgan fingerprint density at radius 2 is 1.95 bits per heavy atom. The maximum atomic E-state index is 6.20. The summed E-state index contributed by atoms with van der Waals surface area (Å²) < 4.78 is 7.40. The predicted molar refractivity (Wildman–Crippen MR) is 92.7 cm³/mol. The summed E-state index contributed by atoms with van der Waals surface area (Å²) >= 11 is 5.38. The van der Waals surface area contributed by atoms with Crippen molar-refractivity contribution in [2.24, 2.45) is 0 Å². The first-order valence-corrected chi connectivity index (χ1v) is 9.34. The highest BCUT2D eigenvalue weighted by Crippen LogP contribution is 2.30. The molecule has 0 fully saturated rings. The average molecular weight is 362 g/mol. The highest BCUT2D eigenvalue weighted by Gasteiger charge is 2.36. The lowest BCUT2D eigenvalue weighted by atomic mass is 9.85. The van der Waals surface area contributed by atoms with E-state index in [0.29, 0.717) is 6.04 Å². The molecule has 1 rings (SSSR count). The number of thiophene rings is 1. The van der Waals surface area contributed by atoms with Crippen molar-refractivity contribution in [1.82, 2.24) is 5.32 Å². The van der Waals surface area contributed by atoms with Crippen molar-refractivity contribution in [3.8, 4) is 0 Å². The SMILES string of the molecule is CCCNC(Cc1ccc(Br)s1)C(CC)(CC)OCC. The van der Waals surface area contributed by atoms with E-state index in [1.807, 2.05) is 11.3 Å². The molecule has 0 bridgehead atoms. The van der Waals surface area contributed by atoms with Crippen molar-refractivity contribution < 1.29 is 4.74 Å². The maximum absolute atomic E-state index is 6.20. The Labute approximate surface area is 136 Å². The van der Waals surface area contributed by atoms with Crippen LogP contribution in [0.3, 0.4) is 0 Å². The maximum Gasteiger partial charge on any atom is 0.0832 e. The molecule has 0 aliphatic carbocycles. The minimum Gasteiger partial charge on any atom is -0.374 e. The molecule has 0 saturated heterocycles. The summed E-state index contributed by atoms with van der Waals surface area (Å²) in [4.78, 5) is 1.41. The van der Waals surface area contributed by atoms with Gasteiger partial charge in [0.05, 0.1) is 9.39 Å². The normalized spacial score (nSPS) is 13.7. The van der Waals surface area contributed by atoms with Crippen LogP contribution in [0.1, 0.15) is 51.8 Å². The largest absolute Gasteiger partial charge is 0.374 e. The third-order valence-corrected chi connectivity index (χ3v) is 5.58. The molecule has 20 heavy (non-hydrogen) atoms. The van der Waals surface area contributed by atoms with Crippen LogP contribution in [0, 0.1) is 0 Å². The van der Waals surface area contributed by atoms with E-state index in [1.54, 1.807) is 0 Å². The fraction of sp³-hybridized carbons (Fsp3) is 0.750. The van der Waals surface area contributed by atoms with Gasteiger partial charge in [0.1, 0.15) is 0 Å². The van der Waals surface area contributed by atoms with Crippen molar-refractivity contribution in [3.05, 3.63) is 20.8 Å². The van der Waals surface area contributed by atoms with Gasteiger partial charge in [-0.2, -0.15) is 0 Å². The van der Waals surface area contributed by atoms with Gasteiger partial charge in [-0.1, -0.05) is 20.8 Å². The van der Waals surface area contributed by atoms with Crippen molar-refractivity contribution in [1.29, 1.82) is 0 Å². The molecule has 0 aliphatic heterocycles. The van der Waals surface area contributed by atoms with Crippen LogP contribution in [0.25, 0.3) is 0 Å². The average Bonchev–Trinajstić information content (AvgIpc) is 2.86. The van der Waals surface area contributed by atoms with Crippen LogP contribution in [-0.4, -0.2) is 24.8 Å². The third-order valence-electron chi connectivity index (χ3n) is 3.94. The molecule has 1 heterocycles. The van der Waals surface area contributed by atoms with E-state index in [4.69, 9.17) is 4.74 Å². The topological polar surface area (TPSA) is 21.3 Å². The van der Waals surface area contributed by atoms with Crippen LogP contribution in [0.15, 0.2) is 15.9 Å². The van der Waals surface area contributed by atoms with Gasteiger partial charge in [-0.05, 0) is 67.2 Å². The Balaban J connectivity index is 2.89. The second-order valence-corrected chi connectivity index (χ2v) is 7.67. The lowest BCUT2D eigenvalue weighted by Gasteiger charge is -2.40. The minimum absolute atomic E-state index is 0.0552. The van der Waals surface area contributed by atoms with Crippen LogP contribution < -0.4 is 5.32 Å². The summed E-state index contributed by atoms with van der Waals surface area (Å²) in [6.07, 6.45) is 4.29. The molecule has 0 aromatic carbocycles. The zero-order chi connectivity index (χ0) is 15.0. The Kier molecular flexibility index (Phi) is 8.34. The van der Waals surface area contributed by atoms with Gasteiger partial charge < -0.3 is 10.1 Å². The molecule has 0 saturated carbocycles. The molecule has 0 amide bonds. The smallest absolute Gasteiger partial charge is 0.0832 e. The molecule has 1 aromatic heterocycles. The Hall–Kier alpha value is 0.1000. The minimum atomic E-state index is -0.0552. The van der Waals surface area contributed by atoms with Gasteiger partial charge in [-0.15, -0.1) is 11.3 Å². The van der Waals surface area contributed by atoms with Crippen LogP contribution in [0.4, 0.5) is 0 Å². The number of rotatable bonds is 10. The molecule has 1 N–H and O–H groups in total. The van der Waals surface area contributed by atoms with Crippen molar-refractivity contribution in [2.45, 2.75) is 65.0 Å². The molecule has 4 heteroatoms. The standard InChI is InChI=1S/C16H28BrNOS/c1-5-11-18-14(12-13-9-10-15(17)20-13)16(6-2,7-3)19-8-4/h9-10,14,18H,5-8,11-12H2,1-4H3. The summed E-state index contributed by atoms with van der Waals surface area (Å²) in [7, 11) is 0. The van der Waals surface area contributed by atoms with Crippen LogP contribution in [0.2, 0.25) is 0 Å². The monoisotopic (exact) mass is 361 g/mol. The van der Waals surface area contributed by atoms with Crippen molar-refractivity contribution in [3.63, 3.8) is 0 Å². The van der Waals surface area contributed by atoms with E-state index in [9.17, 15) is 0 Å². The van der Waals surface area contributed by atoms with E-state index < -0.39 is 0 Å². The first-order valence-electron chi connectivity index (χ1n) is 7.73. The van der Waals surface area contributed by atoms with Gasteiger partial charge in [0.15, 0.2) is 0 Å². The summed E-state index contributed by atoms with van der Waals surface area (Å²) in [5, 5.41) is 3.72. The van der Waals surface area contributed by atoms with Gasteiger partial charge >= 0.3 is 0 Å². The Morgan fingerprint density at radius 1 is 1.25 bits per heavy atom. The lowest BCUT2D eigenvalue weighted by molar-refractivity contribution is -0.0716. The highest BCUT2D eigenvalue weighted by molar-refractivity contribution is 9.11. The number of nitrogens with one attached hydrogen (secondary N) is 1. The molecule has 2 nitrogen and oxygen atoms in total. The second-order valence-electron chi connectivity index (χ2n) is 5.12. The molecular weight excluding hydrogens is 334 g/mol. The molecule has 1 atom stereocenters. The fourth-order valence-corrected chi connectivity index (χ4v) is 4.29. The first-order chi connectivity index (χ1) is 9.61. The molecule has 116 valence electrons. The molecule has 1 unspecified atom stereocenters. The summed E-state index contributed by atoms with van der Waals surface area (Å²) in [5.41, 5.74) is -0.0552. The predicted octanol–water partition coefficient (Wildman–Crippen LogP) is 5.02. The fourth-order valence-electron chi connectivity index (χ4n) is 2.76. The quantitative estimate of drug-likeness (QED) is 0.631. The zero-order valence-electron chi connectivity index (χ0n) is 13.2. The molecule has 1 aromatic rings. The van der Waals surface area contributed by atoms with Crippen LogP contribution >= 0.6 is 27.3 Å². The van der Waals surface area contributed by atoms with Gasteiger partial charge in [-0.3, -0.25) is 0 Å². The molecular formula is C16H28BrNOS. The van der Waals surface area contributed by atoms with Crippen LogP contribution in [-0.2, 0) is 11.2 Å². The van der Waals surface area contributed by atoms with E-state index in [2.05, 4.69) is 61.1 Å². The summed E-state index contributed by atoms with van der Waals surface area (Å²) in [6, 6.07) is 4.73. The first kappa shape index (κ1) is 18.1. The summed E-state index contributed by atoms with van der Waals surface area (Å²) in [5.74, 6) is 0. The number of halogens is 1. The molecule has 0 radical (unpaired) electrons. The number of hydrogen-bond donors (Lipinski definition) is 1. The van der Waals surface area contributed by atoms with Crippen molar-refractivity contribution in [2.75, 3.05) is 13.2 Å². The highest BCUT2D eigenvalue weighted by atomic mass is 79.9. The lowest BCUT2D eigenvalue weighted by Crippen LogP contribution is -2.53. The van der Waals surface area contributed by atoms with E-state index >= 15 is 0 Å². The van der Waals surface area contributed by atoms with Crippen LogP contribution in [0.5, 0.6) is 0 Å². The summed E-state index contributed by atoms with van der Waals surface area (Å²) in [6.45, 7) is 10.6. The Morgan fingerprint density at radius 3 is 2.40 bits per heavy atom. The Bertz CT molecular complexity index is 376. The number of hydrogen-bond acceptors (Lipinski definition) is 3. The van der Waals surface area contributed by atoms with Gasteiger partial charge in [0.25, 0.3) is 0 Å². The van der Waals surface area contributed by atoms with Crippen molar-refractivity contribution >= 4 is 27.3 Å². The van der Waals surface area contributed by atoms with E-state index in [0.717, 1.165) is 38.8 Å². The zero-order valence-corrected chi connectivity index (χ0v) is 15.6. The molecule has 0 aliphatic rings. The number of ether oxygens (including phenoxy) is 1. The van der Waals surface area contributed by atoms with E-state index in [1.165, 1.54) is 8.66 Å².